The lowest BCUT2D eigenvalue weighted by Gasteiger charge is -2.15. The molecule has 0 spiro atoms. The largest absolute Gasteiger partial charge is 0.331 e. The molecule has 0 aromatic heterocycles. The van der Waals surface area contributed by atoms with Crippen LogP contribution < -0.4 is 0 Å². The monoisotopic (exact) mass is 217 g/mol. The molecule has 2 rings (SSSR count). The van der Waals surface area contributed by atoms with Gasteiger partial charge in [-0.2, -0.15) is 0 Å². The Hall–Kier alpha value is -1.64. The maximum absolute atomic E-state index is 11.5. The maximum Gasteiger partial charge on any atom is 0.230 e. The van der Waals surface area contributed by atoms with Crippen molar-refractivity contribution in [2.75, 3.05) is 6.54 Å². The summed E-state index contributed by atoms with van der Waals surface area (Å²) in [4.78, 5) is 24.2. The fraction of sp³-hybridized carbons (Fsp3) is 0.385. The van der Waals surface area contributed by atoms with Crippen LogP contribution in [0.5, 0.6) is 0 Å². The predicted octanol–water partition coefficient (Wildman–Crippen LogP) is 1.60. The van der Waals surface area contributed by atoms with Crippen LogP contribution in [0, 0.1) is 13.8 Å². The minimum absolute atomic E-state index is 0.0226. The first-order chi connectivity index (χ1) is 7.54. The normalized spacial score (nSPS) is 16.0. The highest BCUT2D eigenvalue weighted by atomic mass is 16.2. The lowest BCUT2D eigenvalue weighted by Crippen LogP contribution is -2.24. The topological polar surface area (TPSA) is 37.4 Å². The average Bonchev–Trinajstić information content (AvgIpc) is 2.43. The highest BCUT2D eigenvalue weighted by molar-refractivity contribution is 6.05. The Bertz CT molecular complexity index is 431. The summed E-state index contributed by atoms with van der Waals surface area (Å²) < 4.78 is 0. The zero-order chi connectivity index (χ0) is 11.7. The number of aryl methyl sites for hydroxylation is 2. The summed E-state index contributed by atoms with van der Waals surface area (Å²) >= 11 is 0. The number of nitrogens with zero attached hydrogens (tertiary/aromatic N) is 1. The fourth-order valence-electron chi connectivity index (χ4n) is 2.16. The van der Waals surface area contributed by atoms with Crippen molar-refractivity contribution >= 4 is 11.7 Å². The molecule has 1 saturated heterocycles. The summed E-state index contributed by atoms with van der Waals surface area (Å²) in [6.45, 7) is 4.89. The standard InChI is InChI=1S/C13H15NO2/c1-9-3-10(2)5-11(4-9)7-14-8-12(15)6-13(14)16/h3-5H,6-8H2,1-2H3. The number of likely N-dealkylation sites (tertiary alicyclic amines) is 1. The third-order valence-electron chi connectivity index (χ3n) is 2.72. The molecule has 0 bridgehead atoms. The molecule has 1 fully saturated rings. The number of hydrogen-bond donors (Lipinski definition) is 0. The van der Waals surface area contributed by atoms with Gasteiger partial charge in [0.25, 0.3) is 0 Å². The minimum atomic E-state index is -0.0517. The third kappa shape index (κ3) is 2.30. The van der Waals surface area contributed by atoms with Gasteiger partial charge in [-0.3, -0.25) is 9.59 Å². The van der Waals surface area contributed by atoms with E-state index < -0.39 is 0 Å². The molecule has 1 heterocycles. The van der Waals surface area contributed by atoms with Gasteiger partial charge in [0.2, 0.25) is 5.91 Å². The first kappa shape index (κ1) is 10.9. The van der Waals surface area contributed by atoms with E-state index in [0.29, 0.717) is 6.54 Å². The van der Waals surface area contributed by atoms with Crippen LogP contribution in [0.15, 0.2) is 18.2 Å². The van der Waals surface area contributed by atoms with Gasteiger partial charge in [0.05, 0.1) is 13.0 Å². The van der Waals surface area contributed by atoms with E-state index in [1.54, 1.807) is 4.90 Å². The maximum atomic E-state index is 11.5. The summed E-state index contributed by atoms with van der Waals surface area (Å²) in [6, 6.07) is 6.21. The molecule has 3 nitrogen and oxygen atoms in total. The zero-order valence-electron chi connectivity index (χ0n) is 9.62. The van der Waals surface area contributed by atoms with Crippen molar-refractivity contribution in [1.82, 2.24) is 4.90 Å². The van der Waals surface area contributed by atoms with Gasteiger partial charge in [-0.15, -0.1) is 0 Å². The summed E-state index contributed by atoms with van der Waals surface area (Å²) in [5.41, 5.74) is 3.47. The molecule has 0 N–H and O–H groups in total. The van der Waals surface area contributed by atoms with Gasteiger partial charge in [-0.1, -0.05) is 29.3 Å². The zero-order valence-corrected chi connectivity index (χ0v) is 9.62. The molecule has 1 aromatic rings. The molecule has 0 saturated carbocycles. The van der Waals surface area contributed by atoms with Gasteiger partial charge in [0, 0.05) is 6.54 Å². The SMILES string of the molecule is Cc1cc(C)cc(CN2CC(=O)CC2=O)c1. The third-order valence-corrected chi connectivity index (χ3v) is 2.72. The molecule has 1 aromatic carbocycles. The molecule has 0 atom stereocenters. The Morgan fingerprint density at radius 1 is 1.12 bits per heavy atom. The summed E-state index contributed by atoms with van der Waals surface area (Å²) in [5.74, 6) is -0.0291. The second-order valence-electron chi connectivity index (χ2n) is 4.46. The van der Waals surface area contributed by atoms with Crippen molar-refractivity contribution in [3.8, 4) is 0 Å². The van der Waals surface area contributed by atoms with E-state index in [1.807, 2.05) is 13.8 Å². The van der Waals surface area contributed by atoms with Gasteiger partial charge in [-0.25, -0.2) is 0 Å². The van der Waals surface area contributed by atoms with Gasteiger partial charge in [0.1, 0.15) is 0 Å². The number of carbonyl (C=O) groups excluding carboxylic acids is 2. The number of benzene rings is 1. The number of ketones is 1. The second kappa shape index (κ2) is 4.08. The smallest absolute Gasteiger partial charge is 0.230 e. The van der Waals surface area contributed by atoms with E-state index in [-0.39, 0.29) is 24.7 Å². The van der Waals surface area contributed by atoms with Crippen LogP contribution in [-0.2, 0) is 16.1 Å². The second-order valence-corrected chi connectivity index (χ2v) is 4.46. The van der Waals surface area contributed by atoms with Gasteiger partial charge >= 0.3 is 0 Å². The molecule has 1 amide bonds. The van der Waals surface area contributed by atoms with Crippen molar-refractivity contribution in [2.45, 2.75) is 26.8 Å². The van der Waals surface area contributed by atoms with Crippen LogP contribution in [-0.4, -0.2) is 23.1 Å². The van der Waals surface area contributed by atoms with Gasteiger partial charge in [0.15, 0.2) is 5.78 Å². The van der Waals surface area contributed by atoms with E-state index in [4.69, 9.17) is 0 Å². The lowest BCUT2D eigenvalue weighted by atomic mass is 10.1. The van der Waals surface area contributed by atoms with E-state index in [9.17, 15) is 9.59 Å². The molecule has 1 aliphatic rings. The first-order valence-corrected chi connectivity index (χ1v) is 5.41. The lowest BCUT2D eigenvalue weighted by molar-refractivity contribution is -0.128. The Morgan fingerprint density at radius 3 is 2.25 bits per heavy atom. The van der Waals surface area contributed by atoms with Crippen molar-refractivity contribution < 1.29 is 9.59 Å². The molecule has 0 unspecified atom stereocenters. The highest BCUT2D eigenvalue weighted by Gasteiger charge is 2.27. The molecule has 0 radical (unpaired) electrons. The molecular formula is C13H15NO2. The Morgan fingerprint density at radius 2 is 1.75 bits per heavy atom. The van der Waals surface area contributed by atoms with Crippen LogP contribution >= 0.6 is 0 Å². The molecule has 3 heteroatoms. The summed E-state index contributed by atoms with van der Waals surface area (Å²) in [6.07, 6.45) is 0.0742. The van der Waals surface area contributed by atoms with E-state index in [2.05, 4.69) is 18.2 Å². The van der Waals surface area contributed by atoms with Crippen molar-refractivity contribution in [3.63, 3.8) is 0 Å². The van der Waals surface area contributed by atoms with Crippen molar-refractivity contribution in [1.29, 1.82) is 0 Å². The van der Waals surface area contributed by atoms with E-state index in [0.717, 1.165) is 5.56 Å². The molecule has 0 aliphatic carbocycles. The predicted molar refractivity (Wildman–Crippen MR) is 61.0 cm³/mol. The van der Waals surface area contributed by atoms with Crippen LogP contribution in [0.4, 0.5) is 0 Å². The average molecular weight is 217 g/mol. The van der Waals surface area contributed by atoms with E-state index in [1.165, 1.54) is 11.1 Å². The molecular weight excluding hydrogens is 202 g/mol. The summed E-state index contributed by atoms with van der Waals surface area (Å²) in [7, 11) is 0. The Balaban J connectivity index is 2.15. The first-order valence-electron chi connectivity index (χ1n) is 5.41. The van der Waals surface area contributed by atoms with E-state index >= 15 is 0 Å². The number of carbonyl (C=O) groups is 2. The number of hydrogen-bond acceptors (Lipinski definition) is 2. The van der Waals surface area contributed by atoms with Crippen molar-refractivity contribution in [3.05, 3.63) is 34.9 Å². The van der Waals surface area contributed by atoms with Gasteiger partial charge in [-0.05, 0) is 19.4 Å². The fourth-order valence-corrected chi connectivity index (χ4v) is 2.16. The Kier molecular flexibility index (Phi) is 2.77. The van der Waals surface area contributed by atoms with Crippen LogP contribution in [0.3, 0.4) is 0 Å². The van der Waals surface area contributed by atoms with Crippen LogP contribution in [0.25, 0.3) is 0 Å². The van der Waals surface area contributed by atoms with Crippen LogP contribution in [0.1, 0.15) is 23.1 Å². The molecule has 1 aliphatic heterocycles. The number of amides is 1. The number of rotatable bonds is 2. The summed E-state index contributed by atoms with van der Waals surface area (Å²) in [5, 5.41) is 0. The van der Waals surface area contributed by atoms with Crippen LogP contribution in [0.2, 0.25) is 0 Å². The highest BCUT2D eigenvalue weighted by Crippen LogP contribution is 2.15. The van der Waals surface area contributed by atoms with Crippen molar-refractivity contribution in [2.24, 2.45) is 0 Å². The minimum Gasteiger partial charge on any atom is -0.331 e. The van der Waals surface area contributed by atoms with Gasteiger partial charge < -0.3 is 4.90 Å². The Labute approximate surface area is 95.1 Å². The number of Topliss-reactive ketones (excluding diaryl/α,β-unsaturated/α-hetero) is 1. The molecule has 84 valence electrons. The molecule has 16 heavy (non-hydrogen) atoms. The quantitative estimate of drug-likeness (QED) is 0.706.